The van der Waals surface area contributed by atoms with Crippen LogP contribution in [0.5, 0.6) is 0 Å². The third-order valence-electron chi connectivity index (χ3n) is 4.17. The number of nitrogens with one attached hydrogen (secondary N) is 1. The van der Waals surface area contributed by atoms with Crippen LogP contribution < -0.4 is 11.1 Å². The smallest absolute Gasteiger partial charge is 0.255 e. The lowest BCUT2D eigenvalue weighted by molar-refractivity contribution is -0.123. The number of primary amides is 1. The first kappa shape index (κ1) is 18.3. The van der Waals surface area contributed by atoms with Crippen molar-refractivity contribution in [3.63, 3.8) is 0 Å². The van der Waals surface area contributed by atoms with Crippen molar-refractivity contribution in [1.29, 1.82) is 0 Å². The van der Waals surface area contributed by atoms with Crippen molar-refractivity contribution >= 4 is 35.0 Å². The SMILES string of the molecule is CC(C)C(=O)Nc1ccc(Cl)c(C(=O)N2CCC(C(N)=O)CC2)c1. The molecule has 2 rings (SSSR count). The highest BCUT2D eigenvalue weighted by Gasteiger charge is 2.27. The topological polar surface area (TPSA) is 92.5 Å². The van der Waals surface area contributed by atoms with Crippen molar-refractivity contribution in [2.45, 2.75) is 26.7 Å². The molecule has 1 aromatic rings. The zero-order valence-corrected chi connectivity index (χ0v) is 14.6. The van der Waals surface area contributed by atoms with Gasteiger partial charge in [0.05, 0.1) is 10.6 Å². The van der Waals surface area contributed by atoms with Gasteiger partial charge in [-0.2, -0.15) is 0 Å². The molecule has 7 heteroatoms. The second kappa shape index (κ2) is 7.66. The molecule has 3 N–H and O–H groups in total. The van der Waals surface area contributed by atoms with E-state index in [2.05, 4.69) is 5.32 Å². The largest absolute Gasteiger partial charge is 0.369 e. The summed E-state index contributed by atoms with van der Waals surface area (Å²) in [6.45, 7) is 4.51. The van der Waals surface area contributed by atoms with E-state index in [0.29, 0.717) is 42.2 Å². The maximum atomic E-state index is 12.7. The van der Waals surface area contributed by atoms with Gasteiger partial charge in [-0.1, -0.05) is 25.4 Å². The summed E-state index contributed by atoms with van der Waals surface area (Å²) in [5, 5.41) is 3.09. The van der Waals surface area contributed by atoms with Gasteiger partial charge in [0.2, 0.25) is 11.8 Å². The van der Waals surface area contributed by atoms with Crippen molar-refractivity contribution < 1.29 is 14.4 Å². The van der Waals surface area contributed by atoms with Gasteiger partial charge in [-0.15, -0.1) is 0 Å². The van der Waals surface area contributed by atoms with E-state index in [0.717, 1.165) is 0 Å². The lowest BCUT2D eigenvalue weighted by atomic mass is 9.96. The summed E-state index contributed by atoms with van der Waals surface area (Å²) < 4.78 is 0. The molecule has 0 unspecified atom stereocenters. The van der Waals surface area contributed by atoms with Gasteiger partial charge in [-0.3, -0.25) is 14.4 Å². The Balaban J connectivity index is 2.12. The van der Waals surface area contributed by atoms with E-state index < -0.39 is 0 Å². The van der Waals surface area contributed by atoms with Gasteiger partial charge >= 0.3 is 0 Å². The maximum Gasteiger partial charge on any atom is 0.255 e. The molecule has 1 aromatic carbocycles. The molecule has 0 bridgehead atoms. The van der Waals surface area contributed by atoms with Crippen molar-refractivity contribution in [3.05, 3.63) is 28.8 Å². The predicted molar refractivity (Wildman–Crippen MR) is 92.7 cm³/mol. The molecule has 1 saturated heterocycles. The van der Waals surface area contributed by atoms with E-state index in [1.807, 2.05) is 0 Å². The predicted octanol–water partition coefficient (Wildman–Crippen LogP) is 2.27. The minimum atomic E-state index is -0.321. The number of anilines is 1. The molecule has 0 radical (unpaired) electrons. The van der Waals surface area contributed by atoms with E-state index in [1.165, 1.54) is 0 Å². The maximum absolute atomic E-state index is 12.7. The average Bonchev–Trinajstić information content (AvgIpc) is 2.55. The standard InChI is InChI=1S/C17H22ClN3O3/c1-10(2)16(23)20-12-3-4-14(18)13(9-12)17(24)21-7-5-11(6-8-21)15(19)22/h3-4,9-11H,5-8H2,1-2H3,(H2,19,22)(H,20,23). The Morgan fingerprint density at radius 3 is 2.42 bits per heavy atom. The summed E-state index contributed by atoms with van der Waals surface area (Å²) in [5.74, 6) is -0.992. The highest BCUT2D eigenvalue weighted by atomic mass is 35.5. The molecule has 0 aliphatic carbocycles. The van der Waals surface area contributed by atoms with Crippen LogP contribution in [0.2, 0.25) is 5.02 Å². The van der Waals surface area contributed by atoms with Crippen molar-refractivity contribution in [2.75, 3.05) is 18.4 Å². The molecule has 130 valence electrons. The van der Waals surface area contributed by atoms with Crippen LogP contribution in [0.4, 0.5) is 5.69 Å². The number of nitrogens with two attached hydrogens (primary N) is 1. The third kappa shape index (κ3) is 4.26. The van der Waals surface area contributed by atoms with Gasteiger partial charge in [-0.05, 0) is 31.0 Å². The Hall–Kier alpha value is -2.08. The van der Waals surface area contributed by atoms with Gasteiger partial charge in [-0.25, -0.2) is 0 Å². The Kier molecular flexibility index (Phi) is 5.83. The molecule has 3 amide bonds. The van der Waals surface area contributed by atoms with Crippen molar-refractivity contribution in [1.82, 2.24) is 4.90 Å². The lowest BCUT2D eigenvalue weighted by Gasteiger charge is -2.31. The summed E-state index contributed by atoms with van der Waals surface area (Å²) in [5.41, 5.74) is 6.19. The molecular formula is C17H22ClN3O3. The fourth-order valence-electron chi connectivity index (χ4n) is 2.59. The normalized spacial score (nSPS) is 15.4. The van der Waals surface area contributed by atoms with Gasteiger partial charge < -0.3 is 16.0 Å². The van der Waals surface area contributed by atoms with E-state index >= 15 is 0 Å². The van der Waals surface area contributed by atoms with Crippen molar-refractivity contribution in [2.24, 2.45) is 17.6 Å². The van der Waals surface area contributed by atoms with Crippen molar-refractivity contribution in [3.8, 4) is 0 Å². The van der Waals surface area contributed by atoms with Gasteiger partial charge in [0, 0.05) is 30.6 Å². The highest BCUT2D eigenvalue weighted by Crippen LogP contribution is 2.25. The third-order valence-corrected chi connectivity index (χ3v) is 4.50. The first-order valence-electron chi connectivity index (χ1n) is 7.98. The minimum absolute atomic E-state index is 0.127. The van der Waals surface area contributed by atoms with Gasteiger partial charge in [0.1, 0.15) is 0 Å². The number of carbonyl (C=O) groups excluding carboxylic acids is 3. The number of benzene rings is 1. The number of carbonyl (C=O) groups is 3. The number of halogens is 1. The number of nitrogens with zero attached hydrogens (tertiary/aromatic N) is 1. The second-order valence-electron chi connectivity index (χ2n) is 6.31. The Morgan fingerprint density at radius 2 is 1.88 bits per heavy atom. The second-order valence-corrected chi connectivity index (χ2v) is 6.71. The number of hydrogen-bond donors (Lipinski definition) is 2. The number of hydrogen-bond acceptors (Lipinski definition) is 3. The van der Waals surface area contributed by atoms with Crippen LogP contribution in [-0.2, 0) is 9.59 Å². The summed E-state index contributed by atoms with van der Waals surface area (Å²) in [4.78, 5) is 37.4. The summed E-state index contributed by atoms with van der Waals surface area (Å²) in [6, 6.07) is 4.85. The molecule has 1 aliphatic rings. The molecular weight excluding hydrogens is 330 g/mol. The first-order valence-corrected chi connectivity index (χ1v) is 8.36. The van der Waals surface area contributed by atoms with Crippen LogP contribution in [0.15, 0.2) is 18.2 Å². The Morgan fingerprint density at radius 1 is 1.25 bits per heavy atom. The number of likely N-dealkylation sites (tertiary alicyclic amines) is 1. The van der Waals surface area contributed by atoms with Gasteiger partial charge in [0.15, 0.2) is 0 Å². The molecule has 24 heavy (non-hydrogen) atoms. The molecule has 1 heterocycles. The van der Waals surface area contributed by atoms with Gasteiger partial charge in [0.25, 0.3) is 5.91 Å². The zero-order chi connectivity index (χ0) is 17.9. The lowest BCUT2D eigenvalue weighted by Crippen LogP contribution is -2.41. The highest BCUT2D eigenvalue weighted by molar-refractivity contribution is 6.34. The summed E-state index contributed by atoms with van der Waals surface area (Å²) in [6.07, 6.45) is 1.12. The molecule has 0 saturated carbocycles. The van der Waals surface area contributed by atoms with Crippen LogP contribution >= 0.6 is 11.6 Å². The molecule has 1 fully saturated rings. The summed E-state index contributed by atoms with van der Waals surface area (Å²) >= 11 is 6.15. The monoisotopic (exact) mass is 351 g/mol. The first-order chi connectivity index (χ1) is 11.3. The van der Waals surface area contributed by atoms with Crippen LogP contribution in [0.1, 0.15) is 37.0 Å². The Labute approximate surface area is 146 Å². The van der Waals surface area contributed by atoms with Crippen LogP contribution in [0.25, 0.3) is 0 Å². The van der Waals surface area contributed by atoms with Crippen LogP contribution in [0, 0.1) is 11.8 Å². The molecule has 6 nitrogen and oxygen atoms in total. The van der Waals surface area contributed by atoms with E-state index in [-0.39, 0.29) is 29.6 Å². The number of rotatable bonds is 4. The van der Waals surface area contributed by atoms with Crippen LogP contribution in [-0.4, -0.2) is 35.7 Å². The van der Waals surface area contributed by atoms with E-state index in [1.54, 1.807) is 36.9 Å². The fraction of sp³-hybridized carbons (Fsp3) is 0.471. The zero-order valence-electron chi connectivity index (χ0n) is 13.8. The molecule has 0 spiro atoms. The molecule has 0 aromatic heterocycles. The molecule has 1 aliphatic heterocycles. The molecule has 0 atom stereocenters. The number of piperidine rings is 1. The average molecular weight is 352 g/mol. The van der Waals surface area contributed by atoms with E-state index in [9.17, 15) is 14.4 Å². The Bertz CT molecular complexity index is 652. The van der Waals surface area contributed by atoms with E-state index in [4.69, 9.17) is 17.3 Å². The van der Waals surface area contributed by atoms with Crippen LogP contribution in [0.3, 0.4) is 0 Å². The number of amides is 3. The fourth-order valence-corrected chi connectivity index (χ4v) is 2.79. The quantitative estimate of drug-likeness (QED) is 0.871. The summed E-state index contributed by atoms with van der Waals surface area (Å²) in [7, 11) is 0. The minimum Gasteiger partial charge on any atom is -0.369 e.